The molecule has 0 radical (unpaired) electrons. The third-order valence-corrected chi connectivity index (χ3v) is 12.8. The molecule has 0 spiro atoms. The Hall–Kier alpha value is -3.71. The van der Waals surface area contributed by atoms with E-state index in [0.29, 0.717) is 53.8 Å². The molecule has 4 aliphatic rings. The first kappa shape index (κ1) is 35.1. The van der Waals surface area contributed by atoms with Crippen LogP contribution >= 0.6 is 0 Å². The molecule has 0 unspecified atom stereocenters. The smallest absolute Gasteiger partial charge is 0.240 e. The van der Waals surface area contributed by atoms with Gasteiger partial charge in [-0.25, -0.2) is 13.4 Å². The zero-order valence-corrected chi connectivity index (χ0v) is 29.6. The van der Waals surface area contributed by atoms with Crippen LogP contribution in [0.4, 0.5) is 0 Å². The van der Waals surface area contributed by atoms with Crippen LogP contribution in [0.5, 0.6) is 17.4 Å². The summed E-state index contributed by atoms with van der Waals surface area (Å²) in [5, 5.41) is 11.0. The van der Waals surface area contributed by atoms with Crippen LogP contribution in [0.15, 0.2) is 30.4 Å². The van der Waals surface area contributed by atoms with Crippen molar-refractivity contribution in [2.75, 3.05) is 6.54 Å². The number of ketones is 1. The van der Waals surface area contributed by atoms with Gasteiger partial charge in [-0.3, -0.25) is 19.1 Å². The summed E-state index contributed by atoms with van der Waals surface area (Å²) in [7, 11) is -3.91. The highest BCUT2D eigenvalue weighted by atomic mass is 32.2. The zero-order valence-electron chi connectivity index (χ0n) is 28.7. The molecule has 49 heavy (non-hydrogen) atoms. The van der Waals surface area contributed by atoms with Gasteiger partial charge in [0.2, 0.25) is 27.7 Å². The lowest BCUT2D eigenvalue weighted by molar-refractivity contribution is -0.140. The number of nitrogens with zero attached hydrogens (tertiary/aromatic N) is 2. The molecule has 13 heteroatoms. The van der Waals surface area contributed by atoms with E-state index in [4.69, 9.17) is 15.2 Å². The number of carbonyl (C=O) groups excluding carboxylic acids is 3. The summed E-state index contributed by atoms with van der Waals surface area (Å²) in [5.41, 5.74) is 6.26. The monoisotopic (exact) mass is 696 g/mol. The molecule has 1 aromatic heterocycles. The normalized spacial score (nSPS) is 29.4. The highest BCUT2D eigenvalue weighted by molar-refractivity contribution is 7.91. The number of amides is 2. The number of ether oxygens (including phenoxy) is 2. The molecular weight excluding hydrogens is 648 g/mol. The van der Waals surface area contributed by atoms with Crippen LogP contribution in [0.25, 0.3) is 10.9 Å². The van der Waals surface area contributed by atoms with Crippen molar-refractivity contribution in [1.29, 1.82) is 0 Å². The predicted octanol–water partition coefficient (Wildman–Crippen LogP) is 4.20. The quantitative estimate of drug-likeness (QED) is 0.356. The summed E-state index contributed by atoms with van der Waals surface area (Å²) < 4.78 is 39.9. The maximum Gasteiger partial charge on any atom is 0.240 e. The number of sulfonamides is 1. The maximum atomic E-state index is 14.3. The molecule has 0 bridgehead atoms. The summed E-state index contributed by atoms with van der Waals surface area (Å²) in [4.78, 5) is 48.0. The molecule has 3 fully saturated rings. The van der Waals surface area contributed by atoms with E-state index >= 15 is 0 Å². The molecule has 266 valence electrons. The first-order chi connectivity index (χ1) is 23.1. The van der Waals surface area contributed by atoms with Crippen LogP contribution in [0.1, 0.15) is 90.5 Å². The number of phenolic OH excluding ortho intramolecular Hbond substituents is 1. The number of aromatic hydroxyl groups is 1. The number of Topliss-reactive ketones (excluding diaryl/α,β-unsaturated/α-hetero) is 1. The van der Waals surface area contributed by atoms with Gasteiger partial charge in [0, 0.05) is 29.9 Å². The number of carbonyl (C=O) groups is 3. The van der Waals surface area contributed by atoms with E-state index in [1.165, 1.54) is 4.90 Å². The van der Waals surface area contributed by atoms with Gasteiger partial charge in [-0.2, -0.15) is 0 Å². The summed E-state index contributed by atoms with van der Waals surface area (Å²) >= 11 is 0. The van der Waals surface area contributed by atoms with Crippen LogP contribution in [-0.4, -0.2) is 76.6 Å². The Labute approximate surface area is 287 Å². The second kappa shape index (κ2) is 13.2. The number of benzene rings is 1. The van der Waals surface area contributed by atoms with Crippen LogP contribution < -0.4 is 19.9 Å². The van der Waals surface area contributed by atoms with E-state index in [2.05, 4.69) is 9.71 Å². The number of fused-ring (bicyclic) bond motifs is 3. The fourth-order valence-corrected chi connectivity index (χ4v) is 8.46. The average molecular weight is 697 g/mol. The van der Waals surface area contributed by atoms with E-state index in [9.17, 15) is 27.9 Å². The number of aromatic nitrogens is 1. The fourth-order valence-electron chi connectivity index (χ4n) is 7.13. The number of nitrogens with two attached hydrogens (primary N) is 1. The lowest BCUT2D eigenvalue weighted by atomic mass is 9.91. The minimum atomic E-state index is -3.91. The van der Waals surface area contributed by atoms with Gasteiger partial charge in [0.15, 0.2) is 5.78 Å². The molecular formula is C36H48N4O8S. The van der Waals surface area contributed by atoms with Crippen molar-refractivity contribution in [3.05, 3.63) is 35.9 Å². The maximum absolute atomic E-state index is 14.3. The van der Waals surface area contributed by atoms with E-state index in [0.717, 1.165) is 25.7 Å². The van der Waals surface area contributed by atoms with Gasteiger partial charge in [0.25, 0.3) is 0 Å². The average Bonchev–Trinajstić information content (AvgIpc) is 3.91. The van der Waals surface area contributed by atoms with E-state index in [1.807, 2.05) is 26.0 Å². The van der Waals surface area contributed by atoms with Crippen LogP contribution in [-0.2, 0) is 24.4 Å². The molecule has 4 N–H and O–H groups in total. The van der Waals surface area contributed by atoms with Crippen molar-refractivity contribution in [2.45, 2.75) is 121 Å². The molecule has 3 heterocycles. The lowest BCUT2D eigenvalue weighted by Crippen LogP contribution is -2.50. The largest absolute Gasteiger partial charge is 0.508 e. The van der Waals surface area contributed by atoms with Gasteiger partial charge >= 0.3 is 0 Å². The molecule has 2 aliphatic heterocycles. The molecule has 6 rings (SSSR count). The van der Waals surface area contributed by atoms with Crippen molar-refractivity contribution in [3.8, 4) is 17.4 Å². The number of aryl methyl sites for hydroxylation is 1. The number of pyridine rings is 1. The first-order valence-electron chi connectivity index (χ1n) is 17.4. The molecule has 12 nitrogen and oxygen atoms in total. The highest BCUT2D eigenvalue weighted by Gasteiger charge is 2.62. The van der Waals surface area contributed by atoms with Gasteiger partial charge < -0.3 is 25.2 Å². The second-order valence-electron chi connectivity index (χ2n) is 14.9. The molecule has 2 aliphatic carbocycles. The van der Waals surface area contributed by atoms with E-state index in [1.54, 1.807) is 32.0 Å². The lowest BCUT2D eigenvalue weighted by Gasteiger charge is -2.27. The van der Waals surface area contributed by atoms with Crippen molar-refractivity contribution in [3.63, 3.8) is 0 Å². The zero-order chi connectivity index (χ0) is 35.3. The Bertz CT molecular complexity index is 1790. The molecule has 1 aromatic carbocycles. The predicted molar refractivity (Wildman–Crippen MR) is 184 cm³/mol. The molecule has 2 aromatic rings. The number of nitrogens with one attached hydrogen (secondary N) is 1. The summed E-state index contributed by atoms with van der Waals surface area (Å²) in [6.45, 7) is 7.21. The minimum Gasteiger partial charge on any atom is -0.508 e. The standard InChI is InChI=1S/C36H48N4O8S/c1-21(2)47-31-17-30(25-12-13-28(41)22(3)32(25)38-31)48-24-16-27-29(42)19-36(34(44)39-49(45,46)35(4)14-15-35)18-23(36)10-8-6-5-7-9-11-26(37)33(43)40(27)20-24/h8,10,12-13,17,21,23-24,26-27,41H,5-7,9,11,14-16,18-20,37H2,1-4H3,(H,39,44)/b10-8-/t23-,24-,26+,27+,36-/m1/s1. The Morgan fingerprint density at radius 3 is 2.65 bits per heavy atom. The number of allylic oxidation sites excluding steroid dienone is 2. The SMILES string of the molecule is Cc1c(O)ccc2c(O[C@@H]3C[C@H]4C(=O)C[C@]5(C(=O)NS(=O)(=O)C6(C)CC6)C[C@H]5/C=C\CCCCC[C@H](N)C(=O)N4C3)cc(OC(C)C)nc12. The summed E-state index contributed by atoms with van der Waals surface area (Å²) in [6.07, 6.45) is 8.20. The van der Waals surface area contributed by atoms with Gasteiger partial charge in [-0.1, -0.05) is 25.0 Å². The third-order valence-electron chi connectivity index (χ3n) is 10.7. The van der Waals surface area contributed by atoms with Crippen LogP contribution in [0.2, 0.25) is 0 Å². The number of hydrogen-bond donors (Lipinski definition) is 3. The van der Waals surface area contributed by atoms with Gasteiger partial charge in [-0.05, 0) is 84.3 Å². The Kier molecular flexibility index (Phi) is 9.46. The summed E-state index contributed by atoms with van der Waals surface area (Å²) in [5.74, 6) is -0.802. The second-order valence-corrected chi connectivity index (χ2v) is 17.1. The van der Waals surface area contributed by atoms with Crippen molar-refractivity contribution >= 4 is 38.5 Å². The topological polar surface area (TPSA) is 178 Å². The van der Waals surface area contributed by atoms with Crippen molar-refractivity contribution in [1.82, 2.24) is 14.6 Å². The molecule has 1 saturated heterocycles. The van der Waals surface area contributed by atoms with Gasteiger partial charge in [0.1, 0.15) is 17.6 Å². The number of rotatable bonds is 7. The van der Waals surface area contributed by atoms with Gasteiger partial charge in [0.05, 0.1) is 40.4 Å². The highest BCUT2D eigenvalue weighted by Crippen LogP contribution is 2.57. The molecule has 2 saturated carbocycles. The number of phenols is 1. The van der Waals surface area contributed by atoms with Crippen LogP contribution in [0.3, 0.4) is 0 Å². The Morgan fingerprint density at radius 2 is 1.94 bits per heavy atom. The van der Waals surface area contributed by atoms with Crippen LogP contribution in [0, 0.1) is 18.3 Å². The Balaban J connectivity index is 1.31. The third kappa shape index (κ3) is 7.01. The molecule has 2 amide bonds. The van der Waals surface area contributed by atoms with Crippen molar-refractivity contribution < 1.29 is 37.4 Å². The fraction of sp³-hybridized carbons (Fsp3) is 0.611. The molecule has 5 atom stereocenters. The summed E-state index contributed by atoms with van der Waals surface area (Å²) in [6, 6.07) is 3.23. The van der Waals surface area contributed by atoms with E-state index < -0.39 is 44.3 Å². The Morgan fingerprint density at radius 1 is 1.18 bits per heavy atom. The van der Waals surface area contributed by atoms with Gasteiger partial charge in [-0.15, -0.1) is 0 Å². The van der Waals surface area contributed by atoms with Crippen molar-refractivity contribution in [2.24, 2.45) is 17.1 Å². The number of hydrogen-bond acceptors (Lipinski definition) is 10. The first-order valence-corrected chi connectivity index (χ1v) is 18.9. The minimum absolute atomic E-state index is 0.0785. The van der Waals surface area contributed by atoms with E-state index in [-0.39, 0.29) is 48.8 Å².